The van der Waals surface area contributed by atoms with Gasteiger partial charge in [-0.05, 0) is 24.5 Å². The van der Waals surface area contributed by atoms with Gasteiger partial charge in [-0.3, -0.25) is 9.69 Å². The van der Waals surface area contributed by atoms with E-state index in [9.17, 15) is 9.59 Å². The van der Waals surface area contributed by atoms with E-state index >= 15 is 0 Å². The fourth-order valence-electron chi connectivity index (χ4n) is 3.50. The van der Waals surface area contributed by atoms with Gasteiger partial charge in [-0.2, -0.15) is 0 Å². The Balaban J connectivity index is 1.48. The summed E-state index contributed by atoms with van der Waals surface area (Å²) in [5.41, 5.74) is 1.15. The standard InChI is InChI=1S/C21H23N3O3/c25-20-18(22-21(26)24(20)15-16-8-4-3-5-9-16)14-17-10-11-19(27-17)23-12-6-1-2-7-13-23/h3-5,8-11,14H,1-2,6-7,12-13,15H2,(H,22,26)/b18-14+. The Morgan fingerprint density at radius 3 is 2.44 bits per heavy atom. The molecule has 0 bridgehead atoms. The van der Waals surface area contributed by atoms with Crippen LogP contribution in [0.1, 0.15) is 37.0 Å². The summed E-state index contributed by atoms with van der Waals surface area (Å²) in [4.78, 5) is 28.2. The molecule has 27 heavy (non-hydrogen) atoms. The van der Waals surface area contributed by atoms with Crippen molar-refractivity contribution in [2.75, 3.05) is 18.0 Å². The number of carbonyl (C=O) groups is 2. The summed E-state index contributed by atoms with van der Waals surface area (Å²) in [5, 5.41) is 2.65. The van der Waals surface area contributed by atoms with Crippen LogP contribution in [0.3, 0.4) is 0 Å². The predicted molar refractivity (Wildman–Crippen MR) is 103 cm³/mol. The Hall–Kier alpha value is -3.02. The van der Waals surface area contributed by atoms with E-state index in [1.807, 2.05) is 42.5 Å². The first-order chi connectivity index (χ1) is 13.2. The summed E-state index contributed by atoms with van der Waals surface area (Å²) < 4.78 is 5.91. The van der Waals surface area contributed by atoms with E-state index < -0.39 is 6.03 Å². The highest BCUT2D eigenvalue weighted by atomic mass is 16.4. The van der Waals surface area contributed by atoms with Gasteiger partial charge in [0.15, 0.2) is 5.88 Å². The van der Waals surface area contributed by atoms with Crippen LogP contribution in [0.2, 0.25) is 0 Å². The second-order valence-corrected chi connectivity index (χ2v) is 6.94. The van der Waals surface area contributed by atoms with Crippen molar-refractivity contribution in [2.24, 2.45) is 0 Å². The molecule has 1 aromatic carbocycles. The van der Waals surface area contributed by atoms with Crippen LogP contribution in [-0.4, -0.2) is 29.9 Å². The number of carbonyl (C=O) groups excluding carboxylic acids is 2. The van der Waals surface area contributed by atoms with Gasteiger partial charge in [-0.15, -0.1) is 0 Å². The minimum atomic E-state index is -0.408. The second-order valence-electron chi connectivity index (χ2n) is 6.94. The van der Waals surface area contributed by atoms with E-state index in [0.717, 1.165) is 24.5 Å². The average molecular weight is 365 g/mol. The number of amides is 3. The smallest absolute Gasteiger partial charge is 0.329 e. The number of anilines is 1. The van der Waals surface area contributed by atoms with E-state index in [2.05, 4.69) is 10.2 Å². The minimum absolute atomic E-state index is 0.243. The van der Waals surface area contributed by atoms with Gasteiger partial charge in [-0.1, -0.05) is 43.2 Å². The molecule has 6 heteroatoms. The molecule has 2 saturated heterocycles. The lowest BCUT2D eigenvalue weighted by molar-refractivity contribution is -0.123. The fourth-order valence-corrected chi connectivity index (χ4v) is 3.50. The van der Waals surface area contributed by atoms with Gasteiger partial charge in [-0.25, -0.2) is 4.79 Å². The van der Waals surface area contributed by atoms with Gasteiger partial charge in [0.1, 0.15) is 11.5 Å². The lowest BCUT2D eigenvalue weighted by atomic mass is 10.2. The molecule has 6 nitrogen and oxygen atoms in total. The molecule has 0 saturated carbocycles. The summed E-state index contributed by atoms with van der Waals surface area (Å²) in [6.07, 6.45) is 6.45. The largest absolute Gasteiger partial charge is 0.441 e. The minimum Gasteiger partial charge on any atom is -0.441 e. The van der Waals surface area contributed by atoms with Crippen LogP contribution in [0.25, 0.3) is 6.08 Å². The average Bonchev–Trinajstić information content (AvgIpc) is 3.11. The van der Waals surface area contributed by atoms with Crippen molar-refractivity contribution in [3.05, 3.63) is 59.5 Å². The Kier molecular flexibility index (Phi) is 4.96. The molecule has 0 atom stereocenters. The van der Waals surface area contributed by atoms with Gasteiger partial charge in [0, 0.05) is 25.2 Å². The molecule has 0 unspecified atom stereocenters. The van der Waals surface area contributed by atoms with E-state index in [1.54, 1.807) is 6.08 Å². The number of furan rings is 1. The fraction of sp³-hybridized carbons (Fsp3) is 0.333. The quantitative estimate of drug-likeness (QED) is 0.662. The topological polar surface area (TPSA) is 65.8 Å². The molecular formula is C21H23N3O3. The summed E-state index contributed by atoms with van der Waals surface area (Å²) in [6.45, 7) is 2.23. The van der Waals surface area contributed by atoms with Crippen molar-refractivity contribution in [3.8, 4) is 0 Å². The number of benzene rings is 1. The number of rotatable bonds is 4. The zero-order valence-corrected chi connectivity index (χ0v) is 15.2. The summed E-state index contributed by atoms with van der Waals surface area (Å²) >= 11 is 0. The van der Waals surface area contributed by atoms with E-state index in [4.69, 9.17) is 4.42 Å². The Morgan fingerprint density at radius 2 is 1.70 bits per heavy atom. The van der Waals surface area contributed by atoms with Crippen LogP contribution in [0, 0.1) is 0 Å². The van der Waals surface area contributed by atoms with E-state index in [0.29, 0.717) is 5.76 Å². The van der Waals surface area contributed by atoms with Gasteiger partial charge in [0.25, 0.3) is 5.91 Å². The normalized spacial score (nSPS) is 19.5. The highest BCUT2D eigenvalue weighted by molar-refractivity contribution is 6.13. The molecule has 0 spiro atoms. The zero-order chi connectivity index (χ0) is 18.6. The molecule has 0 radical (unpaired) electrons. The first-order valence-corrected chi connectivity index (χ1v) is 9.44. The van der Waals surface area contributed by atoms with Crippen molar-refractivity contribution < 1.29 is 14.0 Å². The second kappa shape index (κ2) is 7.70. The van der Waals surface area contributed by atoms with Crippen LogP contribution in [0.15, 0.2) is 52.6 Å². The molecule has 2 aliphatic heterocycles. The Morgan fingerprint density at radius 1 is 0.963 bits per heavy atom. The van der Waals surface area contributed by atoms with Crippen molar-refractivity contribution in [3.63, 3.8) is 0 Å². The Labute approximate surface area is 158 Å². The van der Waals surface area contributed by atoms with Crippen molar-refractivity contribution in [2.45, 2.75) is 32.2 Å². The van der Waals surface area contributed by atoms with Gasteiger partial charge in [0.05, 0.1) is 6.54 Å². The lowest BCUT2D eigenvalue weighted by Gasteiger charge is -2.18. The number of nitrogens with one attached hydrogen (secondary N) is 1. The number of nitrogens with zero attached hydrogens (tertiary/aromatic N) is 2. The SMILES string of the molecule is O=C1N/C(=C/c2ccc(N3CCCCCC3)o2)C(=O)N1Cc1ccccc1. The van der Waals surface area contributed by atoms with Crippen molar-refractivity contribution in [1.82, 2.24) is 10.2 Å². The zero-order valence-electron chi connectivity index (χ0n) is 15.2. The van der Waals surface area contributed by atoms with Crippen LogP contribution in [0.5, 0.6) is 0 Å². The molecule has 2 aliphatic rings. The molecule has 4 rings (SSSR count). The molecule has 3 heterocycles. The van der Waals surface area contributed by atoms with Gasteiger partial charge >= 0.3 is 6.03 Å². The summed E-state index contributed by atoms with van der Waals surface area (Å²) in [6, 6.07) is 12.8. The molecule has 1 aromatic heterocycles. The van der Waals surface area contributed by atoms with Crippen LogP contribution >= 0.6 is 0 Å². The maximum absolute atomic E-state index is 12.6. The molecule has 0 aliphatic carbocycles. The first-order valence-electron chi connectivity index (χ1n) is 9.44. The van der Waals surface area contributed by atoms with Crippen molar-refractivity contribution >= 4 is 23.9 Å². The third-order valence-electron chi connectivity index (χ3n) is 4.96. The number of imide groups is 1. The third-order valence-corrected chi connectivity index (χ3v) is 4.96. The summed E-state index contributed by atoms with van der Waals surface area (Å²) in [7, 11) is 0. The lowest BCUT2D eigenvalue weighted by Crippen LogP contribution is -2.30. The molecular weight excluding hydrogens is 342 g/mol. The van der Waals surface area contributed by atoms with Crippen LogP contribution < -0.4 is 10.2 Å². The number of hydrogen-bond acceptors (Lipinski definition) is 4. The highest BCUT2D eigenvalue weighted by Crippen LogP contribution is 2.24. The maximum atomic E-state index is 12.6. The number of urea groups is 1. The first kappa shape index (κ1) is 17.4. The monoisotopic (exact) mass is 365 g/mol. The maximum Gasteiger partial charge on any atom is 0.329 e. The molecule has 2 fully saturated rings. The van der Waals surface area contributed by atoms with E-state index in [1.165, 1.54) is 30.6 Å². The highest BCUT2D eigenvalue weighted by Gasteiger charge is 2.33. The number of hydrogen-bond donors (Lipinski definition) is 1. The molecule has 140 valence electrons. The van der Waals surface area contributed by atoms with Crippen LogP contribution in [0.4, 0.5) is 10.7 Å². The van der Waals surface area contributed by atoms with Crippen LogP contribution in [-0.2, 0) is 11.3 Å². The van der Waals surface area contributed by atoms with Crippen molar-refractivity contribution in [1.29, 1.82) is 0 Å². The van der Waals surface area contributed by atoms with Gasteiger partial charge in [0.2, 0.25) is 0 Å². The molecule has 2 aromatic rings. The Bertz CT molecular complexity index is 849. The molecule has 3 amide bonds. The third kappa shape index (κ3) is 3.89. The molecule has 1 N–H and O–H groups in total. The summed E-state index contributed by atoms with van der Waals surface area (Å²) in [5.74, 6) is 1.05. The van der Waals surface area contributed by atoms with E-state index in [-0.39, 0.29) is 18.1 Å². The predicted octanol–water partition coefficient (Wildman–Crippen LogP) is 3.75. The van der Waals surface area contributed by atoms with Gasteiger partial charge < -0.3 is 14.6 Å².